The molecule has 1 aliphatic carbocycles. The number of hydrogen-bond donors (Lipinski definition) is 2. The first-order valence-corrected chi connectivity index (χ1v) is 16.3. The van der Waals surface area contributed by atoms with E-state index in [2.05, 4.69) is 50.3 Å². The molecule has 1 saturated carbocycles. The predicted molar refractivity (Wildman–Crippen MR) is 161 cm³/mol. The lowest BCUT2D eigenvalue weighted by atomic mass is 9.77. The molecule has 0 bridgehead atoms. The van der Waals surface area contributed by atoms with Crippen molar-refractivity contribution in [3.63, 3.8) is 0 Å². The molecule has 0 amide bonds. The minimum Gasteiger partial charge on any atom is -0.371 e. The minimum atomic E-state index is -3.24. The van der Waals surface area contributed by atoms with Crippen LogP contribution >= 0.6 is 0 Å². The van der Waals surface area contributed by atoms with Gasteiger partial charge in [0.2, 0.25) is 10.0 Å². The van der Waals surface area contributed by atoms with Crippen molar-refractivity contribution in [2.45, 2.75) is 57.5 Å². The fraction of sp³-hybridized carbons (Fsp3) is 0.438. The monoisotopic (exact) mass is 557 g/mol. The fourth-order valence-electron chi connectivity index (χ4n) is 6.30. The standard InChI is InChI=1S/C32H39N5O2S/c1-40(38,39)35-22-25-6-4-9-27(18-25)28-15-16-34-32(20-28)36-31-10-3-2-8-29(31)19-26-7-5-17-37(23-26)30-13-11-24(21-33)12-14-30/h4,6,9,11-16,18,20,26,29,31,35H,2-3,5,7-8,10,17,19,22-23H2,1H3,(H,34,36)/t26-,29+,31-/m1/s1. The van der Waals surface area contributed by atoms with Crippen molar-refractivity contribution in [2.24, 2.45) is 11.8 Å². The van der Waals surface area contributed by atoms with E-state index >= 15 is 0 Å². The van der Waals surface area contributed by atoms with E-state index in [0.29, 0.717) is 23.4 Å². The van der Waals surface area contributed by atoms with Gasteiger partial charge in [-0.15, -0.1) is 0 Å². The number of nitrogens with one attached hydrogen (secondary N) is 2. The lowest BCUT2D eigenvalue weighted by Gasteiger charge is -2.39. The molecule has 2 aliphatic rings. The lowest BCUT2D eigenvalue weighted by Crippen LogP contribution is -2.39. The predicted octanol–water partition coefficient (Wildman–Crippen LogP) is 5.95. The molecule has 1 aromatic heterocycles. The summed E-state index contributed by atoms with van der Waals surface area (Å²) in [6, 6.07) is 22.7. The van der Waals surface area contributed by atoms with Gasteiger partial charge in [0, 0.05) is 37.6 Å². The fourth-order valence-corrected chi connectivity index (χ4v) is 6.73. The van der Waals surface area contributed by atoms with Gasteiger partial charge >= 0.3 is 0 Å². The van der Waals surface area contributed by atoms with Crippen molar-refractivity contribution < 1.29 is 8.42 Å². The summed E-state index contributed by atoms with van der Waals surface area (Å²) in [7, 11) is -3.24. The van der Waals surface area contributed by atoms with Crippen molar-refractivity contribution in [1.29, 1.82) is 5.26 Å². The summed E-state index contributed by atoms with van der Waals surface area (Å²) < 4.78 is 25.6. The van der Waals surface area contributed by atoms with Crippen molar-refractivity contribution in [3.8, 4) is 17.2 Å². The van der Waals surface area contributed by atoms with Gasteiger partial charge < -0.3 is 10.2 Å². The van der Waals surface area contributed by atoms with Crippen LogP contribution in [0, 0.1) is 23.2 Å². The Hall–Kier alpha value is -3.41. The van der Waals surface area contributed by atoms with E-state index in [0.717, 1.165) is 42.0 Å². The largest absolute Gasteiger partial charge is 0.371 e. The van der Waals surface area contributed by atoms with Crippen LogP contribution in [-0.2, 0) is 16.6 Å². The Balaban J connectivity index is 1.23. The van der Waals surface area contributed by atoms with Gasteiger partial charge in [-0.2, -0.15) is 5.26 Å². The molecule has 1 saturated heterocycles. The van der Waals surface area contributed by atoms with Gasteiger partial charge in [-0.05, 0) is 103 Å². The molecule has 3 atom stereocenters. The summed E-state index contributed by atoms with van der Waals surface area (Å²) in [5.41, 5.74) is 4.96. The number of piperidine rings is 1. The average molecular weight is 558 g/mol. The van der Waals surface area contributed by atoms with Crippen LogP contribution in [0.2, 0.25) is 0 Å². The normalized spacial score (nSPS) is 21.5. The van der Waals surface area contributed by atoms with Gasteiger partial charge in [0.1, 0.15) is 5.82 Å². The third-order valence-electron chi connectivity index (χ3n) is 8.32. The molecule has 1 aliphatic heterocycles. The Morgan fingerprint density at radius 3 is 2.60 bits per heavy atom. The van der Waals surface area contributed by atoms with Crippen LogP contribution in [-0.4, -0.2) is 38.8 Å². The average Bonchev–Trinajstić information content (AvgIpc) is 2.97. The molecule has 2 fully saturated rings. The molecule has 7 nitrogen and oxygen atoms in total. The number of nitrogens with zero attached hydrogens (tertiary/aromatic N) is 3. The maximum atomic E-state index is 11.5. The highest BCUT2D eigenvalue weighted by Crippen LogP contribution is 2.35. The third-order valence-corrected chi connectivity index (χ3v) is 8.99. The second-order valence-electron chi connectivity index (χ2n) is 11.4. The molecule has 2 heterocycles. The number of benzene rings is 2. The molecule has 2 aromatic carbocycles. The molecule has 0 unspecified atom stereocenters. The van der Waals surface area contributed by atoms with E-state index in [9.17, 15) is 8.42 Å². The summed E-state index contributed by atoms with van der Waals surface area (Å²) in [5, 5.41) is 12.9. The molecular weight excluding hydrogens is 518 g/mol. The summed E-state index contributed by atoms with van der Waals surface area (Å²) >= 11 is 0. The highest BCUT2D eigenvalue weighted by atomic mass is 32.2. The summed E-state index contributed by atoms with van der Waals surface area (Å²) in [4.78, 5) is 7.15. The van der Waals surface area contributed by atoms with Crippen LogP contribution in [0.15, 0.2) is 66.9 Å². The van der Waals surface area contributed by atoms with Gasteiger partial charge in [0.05, 0.1) is 17.9 Å². The van der Waals surface area contributed by atoms with Gasteiger partial charge in [-0.3, -0.25) is 0 Å². The Labute approximate surface area is 238 Å². The van der Waals surface area contributed by atoms with E-state index in [-0.39, 0.29) is 6.54 Å². The molecule has 0 spiro atoms. The highest BCUT2D eigenvalue weighted by molar-refractivity contribution is 7.88. The summed E-state index contributed by atoms with van der Waals surface area (Å²) in [5.74, 6) is 2.19. The summed E-state index contributed by atoms with van der Waals surface area (Å²) in [6.45, 7) is 2.43. The van der Waals surface area contributed by atoms with E-state index in [4.69, 9.17) is 5.26 Å². The number of rotatable bonds is 9. The van der Waals surface area contributed by atoms with Gasteiger partial charge in [-0.25, -0.2) is 18.1 Å². The minimum absolute atomic E-state index is 0.274. The maximum absolute atomic E-state index is 11.5. The molecule has 8 heteroatoms. The van der Waals surface area contributed by atoms with Crippen LogP contribution in [0.4, 0.5) is 11.5 Å². The molecule has 5 rings (SSSR count). The first kappa shape index (κ1) is 28.1. The Kier molecular flexibility index (Phi) is 9.03. The first-order valence-electron chi connectivity index (χ1n) is 14.4. The number of pyridine rings is 1. The topological polar surface area (TPSA) is 98.1 Å². The molecule has 0 radical (unpaired) electrons. The van der Waals surface area contributed by atoms with E-state index in [1.165, 1.54) is 50.5 Å². The Bertz CT molecular complexity index is 1430. The Morgan fingerprint density at radius 2 is 1.80 bits per heavy atom. The van der Waals surface area contributed by atoms with Crippen LogP contribution in [0.3, 0.4) is 0 Å². The SMILES string of the molecule is CS(=O)(=O)NCc1cccc(-c2ccnc(N[C@@H]3CCCC[C@H]3C[C@H]3CCCN(c4ccc(C#N)cc4)C3)c2)c1. The molecule has 210 valence electrons. The molecule has 3 aromatic rings. The quantitative estimate of drug-likeness (QED) is 0.338. The second kappa shape index (κ2) is 12.8. The van der Waals surface area contributed by atoms with Crippen LogP contribution in [0.1, 0.15) is 56.1 Å². The van der Waals surface area contributed by atoms with Crippen LogP contribution in [0.25, 0.3) is 11.1 Å². The van der Waals surface area contributed by atoms with Crippen molar-refractivity contribution in [3.05, 3.63) is 78.0 Å². The van der Waals surface area contributed by atoms with Crippen LogP contribution < -0.4 is 14.9 Å². The Morgan fingerprint density at radius 1 is 1.00 bits per heavy atom. The zero-order chi connectivity index (χ0) is 28.0. The second-order valence-corrected chi connectivity index (χ2v) is 13.2. The maximum Gasteiger partial charge on any atom is 0.209 e. The zero-order valence-corrected chi connectivity index (χ0v) is 24.0. The highest BCUT2D eigenvalue weighted by Gasteiger charge is 2.30. The first-order chi connectivity index (χ1) is 19.4. The number of anilines is 2. The van der Waals surface area contributed by atoms with Gasteiger partial charge in [0.25, 0.3) is 0 Å². The van der Waals surface area contributed by atoms with E-state index in [1.54, 1.807) is 0 Å². The number of hydrogen-bond acceptors (Lipinski definition) is 6. The zero-order valence-electron chi connectivity index (χ0n) is 23.2. The van der Waals surface area contributed by atoms with E-state index in [1.807, 2.05) is 42.6 Å². The van der Waals surface area contributed by atoms with Crippen molar-refractivity contribution in [1.82, 2.24) is 9.71 Å². The number of sulfonamides is 1. The van der Waals surface area contributed by atoms with Gasteiger partial charge in [0.15, 0.2) is 0 Å². The summed E-state index contributed by atoms with van der Waals surface area (Å²) in [6.07, 6.45) is 11.7. The number of aromatic nitrogens is 1. The lowest BCUT2D eigenvalue weighted by molar-refractivity contribution is 0.247. The molecule has 40 heavy (non-hydrogen) atoms. The van der Waals surface area contributed by atoms with Crippen molar-refractivity contribution in [2.75, 3.05) is 29.6 Å². The smallest absolute Gasteiger partial charge is 0.209 e. The van der Waals surface area contributed by atoms with Gasteiger partial charge in [-0.1, -0.05) is 31.0 Å². The molecule has 2 N–H and O–H groups in total. The van der Waals surface area contributed by atoms with E-state index < -0.39 is 10.0 Å². The third kappa shape index (κ3) is 7.61. The molecular formula is C32H39N5O2S. The van der Waals surface area contributed by atoms with Crippen LogP contribution in [0.5, 0.6) is 0 Å². The number of nitriles is 1. The van der Waals surface area contributed by atoms with Crippen molar-refractivity contribution >= 4 is 21.5 Å².